The number of halogens is 5. The molecule has 0 saturated heterocycles. The summed E-state index contributed by atoms with van der Waals surface area (Å²) in [7, 11) is 1.64. The molecule has 0 saturated carbocycles. The first kappa shape index (κ1) is 55.5. The highest BCUT2D eigenvalue weighted by Crippen LogP contribution is 2.37. The zero-order valence-corrected chi connectivity index (χ0v) is 46.8. The van der Waals surface area contributed by atoms with E-state index >= 15 is 0 Å². The molecular formula is C52H42BBr3Cl2N6O8S2. The SMILES string of the molecule is BrB(Br)Br.COc1ccc(Cc2ncc(CNC(=O)c3ccc4c(c3)NC(=O)c3ccccc3O4)s2)cc1.ClCCl.O=C(NCc1cnc(Cc2ccc(O)cc2)s1)c1ccc2c(c1)NC(=O)c1ccccc1O2. The number of aromatic hydroxyl groups is 1. The zero-order valence-electron chi connectivity index (χ0n) is 38.9. The Kier molecular flexibility index (Phi) is 20.5. The van der Waals surface area contributed by atoms with E-state index < -0.39 is 0 Å². The minimum Gasteiger partial charge on any atom is -0.508 e. The summed E-state index contributed by atoms with van der Waals surface area (Å²) in [5, 5.41) is 22.9. The Hall–Kier alpha value is -6.26. The lowest BCUT2D eigenvalue weighted by molar-refractivity contribution is 0.0943. The number of carbonyl (C=O) groups excluding carboxylic acids is 4. The van der Waals surface area contributed by atoms with Crippen LogP contribution in [-0.4, -0.2) is 54.3 Å². The maximum atomic E-state index is 12.8. The molecule has 74 heavy (non-hydrogen) atoms. The number of fused-ring (bicyclic) bond motifs is 4. The Bertz CT molecular complexity index is 3240. The van der Waals surface area contributed by atoms with Crippen LogP contribution in [0.4, 0.5) is 11.4 Å². The summed E-state index contributed by atoms with van der Waals surface area (Å²) in [5.41, 5.74) is 4.81. The molecule has 0 bridgehead atoms. The number of hydrogen-bond donors (Lipinski definition) is 5. The molecule has 2 aromatic heterocycles. The molecule has 10 rings (SSSR count). The molecule has 2 aliphatic heterocycles. The summed E-state index contributed by atoms with van der Waals surface area (Å²) in [5.74, 6) is 1.90. The van der Waals surface area contributed by atoms with Crippen LogP contribution in [-0.2, 0) is 25.9 Å². The Morgan fingerprint density at radius 2 is 1.04 bits per heavy atom. The number of benzene rings is 6. The largest absolute Gasteiger partial charge is 0.508 e. The molecule has 0 aliphatic carbocycles. The number of ether oxygens (including phenoxy) is 3. The van der Waals surface area contributed by atoms with Gasteiger partial charge in [-0.3, -0.25) is 19.2 Å². The van der Waals surface area contributed by atoms with E-state index in [4.69, 9.17) is 37.4 Å². The van der Waals surface area contributed by atoms with Crippen molar-refractivity contribution in [3.63, 3.8) is 0 Å². The first-order valence-corrected chi connectivity index (χ1v) is 27.6. The predicted octanol–water partition coefficient (Wildman–Crippen LogP) is 13.3. The molecule has 5 N–H and O–H groups in total. The topological polar surface area (TPSA) is 190 Å². The van der Waals surface area contributed by atoms with Crippen LogP contribution in [0.25, 0.3) is 0 Å². The second kappa shape index (κ2) is 27.3. The molecule has 4 heterocycles. The number of nitrogens with one attached hydrogen (secondary N) is 4. The number of phenolic OH excluding ortho intramolecular Hbond substituents is 1. The predicted molar refractivity (Wildman–Crippen MR) is 304 cm³/mol. The van der Waals surface area contributed by atoms with Crippen molar-refractivity contribution in [2.75, 3.05) is 23.1 Å². The lowest BCUT2D eigenvalue weighted by atomic mass is 10.1. The molecule has 2 aliphatic rings. The third-order valence-electron chi connectivity index (χ3n) is 10.5. The number of carbonyl (C=O) groups is 4. The van der Waals surface area contributed by atoms with Crippen LogP contribution in [0.15, 0.2) is 146 Å². The van der Waals surface area contributed by atoms with E-state index in [0.717, 1.165) is 43.1 Å². The maximum Gasteiger partial charge on any atom is 0.369 e. The Morgan fingerprint density at radius 3 is 1.46 bits per heavy atom. The van der Waals surface area contributed by atoms with Gasteiger partial charge in [0.2, 0.25) is 0 Å². The molecule has 0 radical (unpaired) electrons. The lowest BCUT2D eigenvalue weighted by Gasteiger charge is -2.10. The number of nitrogens with zero attached hydrogens (tertiary/aromatic N) is 2. The molecule has 8 aromatic rings. The monoisotopic (exact) mass is 1260 g/mol. The number of thiazole rings is 2. The highest BCUT2D eigenvalue weighted by molar-refractivity contribution is 9.69. The van der Waals surface area contributed by atoms with Gasteiger partial charge in [-0.2, -0.15) is 0 Å². The molecule has 4 amide bonds. The van der Waals surface area contributed by atoms with Crippen molar-refractivity contribution < 1.29 is 38.5 Å². The summed E-state index contributed by atoms with van der Waals surface area (Å²) in [6.45, 7) is 0.710. The molecule has 0 fully saturated rings. The van der Waals surface area contributed by atoms with Gasteiger partial charge in [0.05, 0.1) is 58.1 Å². The van der Waals surface area contributed by atoms with Gasteiger partial charge in [0.25, 0.3) is 23.6 Å². The molecule has 6 aromatic carbocycles. The van der Waals surface area contributed by atoms with E-state index in [9.17, 15) is 24.3 Å². The van der Waals surface area contributed by atoms with Crippen LogP contribution in [0.1, 0.15) is 72.3 Å². The highest BCUT2D eigenvalue weighted by atomic mass is 79.9. The third-order valence-corrected chi connectivity index (χ3v) is 12.5. The first-order chi connectivity index (χ1) is 35.8. The van der Waals surface area contributed by atoms with Gasteiger partial charge in [0, 0.05) is 46.1 Å². The lowest BCUT2D eigenvalue weighted by Crippen LogP contribution is -2.22. The molecular weight excluding hydrogens is 1220 g/mol. The fourth-order valence-corrected chi connectivity index (χ4v) is 8.88. The van der Waals surface area contributed by atoms with Crippen molar-refractivity contribution in [3.8, 4) is 34.5 Å². The van der Waals surface area contributed by atoms with E-state index in [-0.39, 0.29) is 37.9 Å². The second-order valence-electron chi connectivity index (χ2n) is 15.5. The molecule has 0 atom stereocenters. The fourth-order valence-electron chi connectivity index (χ4n) is 7.09. The van der Waals surface area contributed by atoms with Crippen molar-refractivity contribution in [2.45, 2.75) is 25.9 Å². The van der Waals surface area contributed by atoms with Crippen molar-refractivity contribution in [1.82, 2.24) is 20.6 Å². The Morgan fingerprint density at radius 1 is 0.635 bits per heavy atom. The number of phenols is 1. The normalized spacial score (nSPS) is 11.5. The molecule has 22 heteroatoms. The fraction of sp³-hybridized carbons (Fsp3) is 0.115. The average molecular weight is 1260 g/mol. The summed E-state index contributed by atoms with van der Waals surface area (Å²) in [6, 6.07) is 38.8. The van der Waals surface area contributed by atoms with Gasteiger partial charge in [-0.1, -0.05) is 48.5 Å². The van der Waals surface area contributed by atoms with Crippen LogP contribution in [0.2, 0.25) is 0 Å². The van der Waals surface area contributed by atoms with Crippen LogP contribution in [0, 0.1) is 0 Å². The van der Waals surface area contributed by atoms with Gasteiger partial charge < -0.3 is 40.6 Å². The number of rotatable bonds is 11. The molecule has 0 spiro atoms. The van der Waals surface area contributed by atoms with Gasteiger partial charge >= 0.3 is 3.18 Å². The summed E-state index contributed by atoms with van der Waals surface area (Å²) >= 11 is 21.9. The molecule has 378 valence electrons. The maximum absolute atomic E-state index is 12.8. The summed E-state index contributed by atoms with van der Waals surface area (Å²) < 4.78 is 17.2. The zero-order chi connectivity index (χ0) is 52.6. The average Bonchev–Trinajstić information content (AvgIpc) is 3.99. The molecule has 0 unspecified atom stereocenters. The second-order valence-corrected chi connectivity index (χ2v) is 25.2. The first-order valence-electron chi connectivity index (χ1n) is 22.1. The van der Waals surface area contributed by atoms with Gasteiger partial charge in [-0.05, 0) is 96.1 Å². The quantitative estimate of drug-likeness (QED) is 0.0615. The van der Waals surface area contributed by atoms with E-state index in [2.05, 4.69) is 78.5 Å². The van der Waals surface area contributed by atoms with Crippen LogP contribution in [0.3, 0.4) is 0 Å². The number of hydrogen-bond acceptors (Lipinski definition) is 12. The number of amides is 4. The van der Waals surface area contributed by atoms with Gasteiger partial charge in [-0.15, -0.1) is 93.1 Å². The van der Waals surface area contributed by atoms with Gasteiger partial charge in [-0.25, -0.2) is 9.97 Å². The van der Waals surface area contributed by atoms with Crippen molar-refractivity contribution >= 4 is 131 Å². The minimum atomic E-state index is -0.285. The standard InChI is InChI=1S/C26H21N3O4S.C25H19N3O4S.CH2Cl2.BBr3/c1-32-18-9-6-16(7-10-18)12-24-27-14-19(34-24)15-28-25(30)17-8-11-23-21(13-17)29-26(31)20-4-2-3-5-22(20)33-23;29-17-8-5-15(6-9-17)11-23-26-13-18(33-23)14-27-24(30)16-7-10-22-20(12-16)28-25(31)19-3-1-2-4-21(19)32-22;2-1-3;2-1(3)4/h2-11,13-14H,12,15H2,1H3,(H,28,30)(H,29,31);1-10,12-13,29H,11,14H2,(H,27,30)(H,28,31);1H2;. The van der Waals surface area contributed by atoms with Gasteiger partial charge in [0.1, 0.15) is 23.0 Å². The smallest absolute Gasteiger partial charge is 0.369 e. The summed E-state index contributed by atoms with van der Waals surface area (Å²) in [4.78, 5) is 61.3. The highest BCUT2D eigenvalue weighted by Gasteiger charge is 2.23. The van der Waals surface area contributed by atoms with Crippen molar-refractivity contribution in [1.29, 1.82) is 0 Å². The van der Waals surface area contributed by atoms with Crippen LogP contribution < -0.4 is 35.5 Å². The van der Waals surface area contributed by atoms with Gasteiger partial charge in [0.15, 0.2) is 11.5 Å². The Balaban J connectivity index is 0.000000192. The van der Waals surface area contributed by atoms with Crippen LogP contribution in [0.5, 0.6) is 34.5 Å². The van der Waals surface area contributed by atoms with E-state index in [0.29, 0.717) is 76.1 Å². The van der Waals surface area contributed by atoms with E-state index in [1.165, 1.54) is 11.3 Å². The number of aromatic nitrogens is 2. The van der Waals surface area contributed by atoms with Crippen molar-refractivity contribution in [2.24, 2.45) is 0 Å². The third kappa shape index (κ3) is 15.9. The minimum absolute atomic E-state index is 0.194. The molecule has 14 nitrogen and oxygen atoms in total. The van der Waals surface area contributed by atoms with Crippen LogP contribution >= 0.6 is 93.1 Å². The van der Waals surface area contributed by atoms with E-state index in [1.54, 1.807) is 128 Å². The summed E-state index contributed by atoms with van der Waals surface area (Å²) in [6.07, 6.45) is 4.91. The number of methoxy groups -OCH3 is 1. The number of alkyl halides is 2. The number of anilines is 2. The van der Waals surface area contributed by atoms with Crippen molar-refractivity contribution in [3.05, 3.63) is 199 Å². The van der Waals surface area contributed by atoms with E-state index in [1.807, 2.05) is 36.4 Å². The Labute approximate surface area is 469 Å². The number of para-hydroxylation sites is 2.